The van der Waals surface area contributed by atoms with Crippen LogP contribution in [-0.2, 0) is 0 Å². The van der Waals surface area contributed by atoms with E-state index in [9.17, 15) is 0 Å². The molecule has 0 saturated carbocycles. The Kier molecular flexibility index (Phi) is 2.89. The monoisotopic (exact) mass is 273 g/mol. The van der Waals surface area contributed by atoms with E-state index in [4.69, 9.17) is 0 Å². The van der Waals surface area contributed by atoms with Crippen LogP contribution in [0.3, 0.4) is 0 Å². The predicted octanol–water partition coefficient (Wildman–Crippen LogP) is 3.85. The Balaban J connectivity index is 1.67. The summed E-state index contributed by atoms with van der Waals surface area (Å²) in [4.78, 5) is 8.83. The summed E-state index contributed by atoms with van der Waals surface area (Å²) in [6.45, 7) is 0. The second kappa shape index (κ2) is 5.02. The van der Waals surface area contributed by atoms with Crippen molar-refractivity contribution in [1.29, 1.82) is 0 Å². The van der Waals surface area contributed by atoms with Crippen LogP contribution in [0.2, 0.25) is 0 Å². The number of fused-ring (bicyclic) bond motifs is 3. The van der Waals surface area contributed by atoms with Crippen molar-refractivity contribution >= 4 is 17.7 Å². The molecule has 0 amide bonds. The van der Waals surface area contributed by atoms with E-state index in [0.717, 1.165) is 11.7 Å². The van der Waals surface area contributed by atoms with Crippen LogP contribution in [0.25, 0.3) is 6.08 Å². The summed E-state index contributed by atoms with van der Waals surface area (Å²) in [5.74, 6) is 2.37. The van der Waals surface area contributed by atoms with Crippen LogP contribution < -0.4 is 5.32 Å². The first kappa shape index (κ1) is 12.1. The molecule has 0 spiro atoms. The molecule has 1 aliphatic carbocycles. The third-order valence-electron chi connectivity index (χ3n) is 3.97. The van der Waals surface area contributed by atoms with Crippen molar-refractivity contribution in [3.63, 3.8) is 0 Å². The molecule has 3 nitrogen and oxygen atoms in total. The lowest BCUT2D eigenvalue weighted by Gasteiger charge is -2.30. The van der Waals surface area contributed by atoms with Gasteiger partial charge in [-0.15, -0.1) is 0 Å². The number of amidine groups is 1. The summed E-state index contributed by atoms with van der Waals surface area (Å²) >= 11 is 0. The van der Waals surface area contributed by atoms with Gasteiger partial charge < -0.3 is 5.32 Å². The molecule has 0 fully saturated rings. The van der Waals surface area contributed by atoms with Crippen LogP contribution >= 0.6 is 0 Å². The highest BCUT2D eigenvalue weighted by Crippen LogP contribution is 2.37. The predicted molar refractivity (Wildman–Crippen MR) is 86.1 cm³/mol. The highest BCUT2D eigenvalue weighted by Gasteiger charge is 2.30. The molecule has 0 radical (unpaired) electrons. The molecule has 0 saturated heterocycles. The number of nitrogens with one attached hydrogen (secondary N) is 1. The fraction of sp³-hybridized carbons (Fsp3) is 0.111. The smallest absolute Gasteiger partial charge is 0.131 e. The molecule has 0 bridgehead atoms. The van der Waals surface area contributed by atoms with E-state index in [-0.39, 0.29) is 5.92 Å². The molecule has 2 heterocycles. The minimum atomic E-state index is 0.243. The first-order valence-corrected chi connectivity index (χ1v) is 7.11. The van der Waals surface area contributed by atoms with Gasteiger partial charge in [-0.2, -0.15) is 0 Å². The molecule has 4 rings (SSSR count). The van der Waals surface area contributed by atoms with Crippen LogP contribution in [0, 0.1) is 5.92 Å². The average molecular weight is 273 g/mol. The van der Waals surface area contributed by atoms with Gasteiger partial charge in [-0.1, -0.05) is 48.6 Å². The number of hydrogen-bond acceptors (Lipinski definition) is 3. The Morgan fingerprint density at radius 2 is 1.81 bits per heavy atom. The Hall–Kier alpha value is -2.68. The number of hydrogen-bond donors (Lipinski definition) is 1. The lowest BCUT2D eigenvalue weighted by Crippen LogP contribution is -2.30. The summed E-state index contributed by atoms with van der Waals surface area (Å²) in [6.07, 6.45) is 10.3. The lowest BCUT2D eigenvalue weighted by molar-refractivity contribution is 0.720. The molecule has 2 atom stereocenters. The maximum atomic E-state index is 4.52. The van der Waals surface area contributed by atoms with Crippen molar-refractivity contribution in [2.24, 2.45) is 10.9 Å². The largest absolute Gasteiger partial charge is 0.328 e. The zero-order valence-electron chi connectivity index (χ0n) is 11.5. The molecular formula is C18H15N3. The number of nitrogens with zero attached hydrogens (tertiary/aromatic N) is 2. The maximum absolute atomic E-state index is 4.52. The number of aliphatic imine (C=N–C) groups is 1. The molecule has 2 unspecified atom stereocenters. The number of allylic oxidation sites excluding steroid dienone is 1. The van der Waals surface area contributed by atoms with E-state index >= 15 is 0 Å². The number of rotatable bonds is 1. The highest BCUT2D eigenvalue weighted by molar-refractivity contribution is 6.00. The highest BCUT2D eigenvalue weighted by atomic mass is 15.1. The van der Waals surface area contributed by atoms with Crippen molar-refractivity contribution in [2.75, 3.05) is 5.32 Å². The molecular weight excluding hydrogens is 258 g/mol. The van der Waals surface area contributed by atoms with Gasteiger partial charge in [0, 0.05) is 24.2 Å². The van der Waals surface area contributed by atoms with Crippen LogP contribution in [-0.4, -0.2) is 10.8 Å². The topological polar surface area (TPSA) is 37.3 Å². The first-order valence-electron chi connectivity index (χ1n) is 7.11. The van der Waals surface area contributed by atoms with Gasteiger partial charge in [-0.3, -0.25) is 0 Å². The number of anilines is 1. The van der Waals surface area contributed by atoms with Crippen LogP contribution in [0.1, 0.15) is 17.0 Å². The molecule has 1 aliphatic heterocycles. The van der Waals surface area contributed by atoms with E-state index in [1.165, 1.54) is 11.1 Å². The third kappa shape index (κ3) is 2.17. The second-order valence-electron chi connectivity index (χ2n) is 5.24. The minimum absolute atomic E-state index is 0.243. The van der Waals surface area contributed by atoms with Gasteiger partial charge in [0.1, 0.15) is 11.7 Å². The van der Waals surface area contributed by atoms with Gasteiger partial charge in [-0.25, -0.2) is 9.98 Å². The maximum Gasteiger partial charge on any atom is 0.131 e. The number of pyridine rings is 1. The molecule has 2 aliphatic rings. The van der Waals surface area contributed by atoms with Gasteiger partial charge in [-0.05, 0) is 23.3 Å². The Morgan fingerprint density at radius 1 is 0.905 bits per heavy atom. The lowest BCUT2D eigenvalue weighted by atomic mass is 9.77. The van der Waals surface area contributed by atoms with Crippen LogP contribution in [0.15, 0.2) is 72.0 Å². The molecule has 1 N–H and O–H groups in total. The Bertz CT molecular complexity index is 744. The summed E-state index contributed by atoms with van der Waals surface area (Å²) in [5, 5.41) is 3.35. The van der Waals surface area contributed by atoms with Gasteiger partial charge in [0.25, 0.3) is 0 Å². The van der Waals surface area contributed by atoms with Gasteiger partial charge >= 0.3 is 0 Å². The van der Waals surface area contributed by atoms with Gasteiger partial charge in [0.05, 0.1) is 0 Å². The zero-order chi connectivity index (χ0) is 14.1. The van der Waals surface area contributed by atoms with Crippen molar-refractivity contribution in [3.8, 4) is 0 Å². The van der Waals surface area contributed by atoms with Crippen molar-refractivity contribution < 1.29 is 0 Å². The van der Waals surface area contributed by atoms with Gasteiger partial charge in [0.2, 0.25) is 0 Å². The Labute approximate surface area is 123 Å². The molecule has 2 aromatic rings. The summed E-state index contributed by atoms with van der Waals surface area (Å²) in [7, 11) is 0. The van der Waals surface area contributed by atoms with E-state index in [1.807, 2.05) is 24.4 Å². The molecule has 1 aromatic carbocycles. The molecule has 21 heavy (non-hydrogen) atoms. The number of benzene rings is 1. The molecule has 3 heteroatoms. The average Bonchev–Trinajstić information content (AvgIpc) is 2.56. The summed E-state index contributed by atoms with van der Waals surface area (Å²) in [5.41, 5.74) is 2.65. The quantitative estimate of drug-likeness (QED) is 0.857. The van der Waals surface area contributed by atoms with Crippen molar-refractivity contribution in [2.45, 2.75) is 5.92 Å². The zero-order valence-corrected chi connectivity index (χ0v) is 11.5. The Morgan fingerprint density at radius 3 is 2.71 bits per heavy atom. The fourth-order valence-corrected chi connectivity index (χ4v) is 2.96. The van der Waals surface area contributed by atoms with Crippen molar-refractivity contribution in [1.82, 2.24) is 4.98 Å². The van der Waals surface area contributed by atoms with Crippen LogP contribution in [0.5, 0.6) is 0 Å². The normalized spacial score (nSPS) is 22.2. The van der Waals surface area contributed by atoms with E-state index in [1.54, 1.807) is 6.20 Å². The van der Waals surface area contributed by atoms with Gasteiger partial charge in [0.15, 0.2) is 0 Å². The molecule has 1 aromatic heterocycles. The SMILES string of the molecule is C1=CC2c3ccccc3C=CC2C(Nc2ccccn2)=N1. The van der Waals surface area contributed by atoms with E-state index in [2.05, 4.69) is 57.8 Å². The van der Waals surface area contributed by atoms with E-state index in [0.29, 0.717) is 5.92 Å². The standard InChI is InChI=1S/C18H15N3/c1-2-6-14-13(5-1)8-9-16-15(14)10-12-20-18(16)21-17-7-3-4-11-19-17/h1-12,15-16H,(H,19,20,21). The summed E-state index contributed by atoms with van der Waals surface area (Å²) < 4.78 is 0. The summed E-state index contributed by atoms with van der Waals surface area (Å²) in [6, 6.07) is 14.4. The minimum Gasteiger partial charge on any atom is -0.328 e. The third-order valence-corrected chi connectivity index (χ3v) is 3.97. The fourth-order valence-electron chi connectivity index (χ4n) is 2.96. The van der Waals surface area contributed by atoms with Crippen molar-refractivity contribution in [3.05, 3.63) is 78.1 Å². The first-order chi connectivity index (χ1) is 10.4. The number of aromatic nitrogens is 1. The second-order valence-corrected chi connectivity index (χ2v) is 5.24. The molecule has 102 valence electrons. The van der Waals surface area contributed by atoms with E-state index < -0.39 is 0 Å². The van der Waals surface area contributed by atoms with Crippen LogP contribution in [0.4, 0.5) is 5.82 Å².